The molecule has 1 aromatic heterocycles. The minimum Gasteiger partial charge on any atom is -0.383 e. The first-order valence-electron chi connectivity index (χ1n) is 5.59. The van der Waals surface area contributed by atoms with Gasteiger partial charge in [-0.25, -0.2) is 0 Å². The van der Waals surface area contributed by atoms with Gasteiger partial charge in [0.15, 0.2) is 0 Å². The normalized spacial score (nSPS) is 23.8. The minimum atomic E-state index is -0.387. The fourth-order valence-corrected chi connectivity index (χ4v) is 1.71. The summed E-state index contributed by atoms with van der Waals surface area (Å²) in [6.45, 7) is 2.71. The van der Waals surface area contributed by atoms with Crippen molar-refractivity contribution in [3.63, 3.8) is 0 Å². The topological polar surface area (TPSA) is 86.6 Å². The van der Waals surface area contributed by atoms with Crippen molar-refractivity contribution in [2.75, 3.05) is 40.5 Å². The molecule has 96 valence electrons. The fraction of sp³-hybridized carbons (Fsp3) is 0.800. The number of methoxy groups -OCH3 is 1. The molecule has 0 spiro atoms. The van der Waals surface area contributed by atoms with Gasteiger partial charge in [-0.05, 0) is 7.05 Å². The van der Waals surface area contributed by atoms with Crippen molar-refractivity contribution in [2.24, 2.45) is 5.73 Å². The molecule has 1 saturated heterocycles. The van der Waals surface area contributed by atoms with Gasteiger partial charge in [0.05, 0.1) is 13.2 Å². The maximum absolute atomic E-state index is 5.80. The van der Waals surface area contributed by atoms with Crippen LogP contribution in [0.3, 0.4) is 0 Å². The van der Waals surface area contributed by atoms with Crippen molar-refractivity contribution in [2.45, 2.75) is 12.1 Å². The molecule has 1 aliphatic rings. The van der Waals surface area contributed by atoms with E-state index in [1.54, 1.807) is 7.11 Å². The summed E-state index contributed by atoms with van der Waals surface area (Å²) in [6, 6.07) is -0.387. The summed E-state index contributed by atoms with van der Waals surface area (Å²) in [7, 11) is 3.61. The molecule has 17 heavy (non-hydrogen) atoms. The second-order valence-electron chi connectivity index (χ2n) is 4.17. The van der Waals surface area contributed by atoms with Gasteiger partial charge in [-0.3, -0.25) is 0 Å². The Hall–Kier alpha value is -1.02. The zero-order valence-electron chi connectivity index (χ0n) is 10.1. The van der Waals surface area contributed by atoms with Crippen molar-refractivity contribution < 1.29 is 14.0 Å². The highest BCUT2D eigenvalue weighted by Gasteiger charge is 2.25. The zero-order chi connectivity index (χ0) is 12.3. The molecule has 0 aromatic carbocycles. The number of likely N-dealkylation sites (N-methyl/N-ethyl adjacent to an activating group) is 1. The summed E-state index contributed by atoms with van der Waals surface area (Å²) in [6.07, 6.45) is -0.138. The summed E-state index contributed by atoms with van der Waals surface area (Å²) < 4.78 is 15.6. The monoisotopic (exact) mass is 242 g/mol. The van der Waals surface area contributed by atoms with Crippen LogP contribution in [0, 0.1) is 0 Å². The van der Waals surface area contributed by atoms with Crippen LogP contribution < -0.4 is 5.73 Å². The van der Waals surface area contributed by atoms with E-state index < -0.39 is 0 Å². The summed E-state index contributed by atoms with van der Waals surface area (Å²) in [5, 5.41) is 3.90. The van der Waals surface area contributed by atoms with E-state index in [0.717, 1.165) is 13.1 Å². The third-order valence-corrected chi connectivity index (χ3v) is 2.68. The number of morpholine rings is 1. The van der Waals surface area contributed by atoms with Crippen molar-refractivity contribution in [1.82, 2.24) is 15.0 Å². The van der Waals surface area contributed by atoms with E-state index in [1.165, 1.54) is 0 Å². The van der Waals surface area contributed by atoms with Gasteiger partial charge in [0.25, 0.3) is 0 Å². The lowest BCUT2D eigenvalue weighted by Crippen LogP contribution is -2.35. The van der Waals surface area contributed by atoms with E-state index in [-0.39, 0.29) is 12.1 Å². The van der Waals surface area contributed by atoms with Crippen molar-refractivity contribution >= 4 is 0 Å². The number of ether oxygens (including phenoxy) is 2. The number of nitrogens with two attached hydrogens (primary N) is 1. The lowest BCUT2D eigenvalue weighted by molar-refractivity contribution is -0.0264. The van der Waals surface area contributed by atoms with Crippen LogP contribution >= 0.6 is 0 Å². The molecule has 0 amide bonds. The Morgan fingerprint density at radius 2 is 2.47 bits per heavy atom. The average molecular weight is 242 g/mol. The Labute approximate surface area is 99.9 Å². The van der Waals surface area contributed by atoms with Crippen molar-refractivity contribution in [3.05, 3.63) is 11.7 Å². The van der Waals surface area contributed by atoms with E-state index in [4.69, 9.17) is 19.7 Å². The van der Waals surface area contributed by atoms with Gasteiger partial charge in [-0.1, -0.05) is 5.16 Å². The molecule has 1 aliphatic heterocycles. The van der Waals surface area contributed by atoms with Crippen LogP contribution in [0.4, 0.5) is 0 Å². The minimum absolute atomic E-state index is 0.138. The number of hydrogen-bond acceptors (Lipinski definition) is 7. The van der Waals surface area contributed by atoms with Gasteiger partial charge < -0.3 is 24.6 Å². The first-order chi connectivity index (χ1) is 8.20. The Morgan fingerprint density at radius 3 is 3.18 bits per heavy atom. The highest BCUT2D eigenvalue weighted by Crippen LogP contribution is 2.20. The number of rotatable bonds is 4. The van der Waals surface area contributed by atoms with Crippen LogP contribution in [0.1, 0.15) is 23.9 Å². The molecule has 2 unspecified atom stereocenters. The van der Waals surface area contributed by atoms with Crippen LogP contribution in [0.5, 0.6) is 0 Å². The van der Waals surface area contributed by atoms with Gasteiger partial charge in [-0.15, -0.1) is 0 Å². The summed E-state index contributed by atoms with van der Waals surface area (Å²) in [5.74, 6) is 0.941. The quantitative estimate of drug-likeness (QED) is 0.776. The highest BCUT2D eigenvalue weighted by atomic mass is 16.5. The molecule has 0 radical (unpaired) electrons. The first-order valence-corrected chi connectivity index (χ1v) is 5.59. The van der Waals surface area contributed by atoms with Crippen molar-refractivity contribution in [1.29, 1.82) is 0 Å². The van der Waals surface area contributed by atoms with E-state index >= 15 is 0 Å². The van der Waals surface area contributed by atoms with E-state index in [0.29, 0.717) is 24.9 Å². The second kappa shape index (κ2) is 5.54. The molecular weight excluding hydrogens is 224 g/mol. The fourth-order valence-electron chi connectivity index (χ4n) is 1.71. The average Bonchev–Trinajstić information content (AvgIpc) is 2.78. The summed E-state index contributed by atoms with van der Waals surface area (Å²) in [5.41, 5.74) is 5.80. The smallest absolute Gasteiger partial charge is 0.246 e. The third-order valence-electron chi connectivity index (χ3n) is 2.68. The maximum atomic E-state index is 5.80. The molecular formula is C10H18N4O3. The van der Waals surface area contributed by atoms with Crippen LogP contribution in [0.25, 0.3) is 0 Å². The lowest BCUT2D eigenvalue weighted by atomic mass is 10.2. The molecule has 0 bridgehead atoms. The Kier molecular flexibility index (Phi) is 4.06. The number of aromatic nitrogens is 2. The third kappa shape index (κ3) is 3.01. The Balaban J connectivity index is 2.02. The number of nitrogens with zero attached hydrogens (tertiary/aromatic N) is 3. The zero-order valence-corrected chi connectivity index (χ0v) is 10.1. The standard InChI is InChI=1S/C10H18N4O3/c1-14-3-4-16-8(5-14)9-12-10(17-13-9)7(11)6-15-2/h7-8H,3-6,11H2,1-2H3. The molecule has 7 heteroatoms. The van der Waals surface area contributed by atoms with Gasteiger partial charge in [0.2, 0.25) is 11.7 Å². The van der Waals surface area contributed by atoms with Gasteiger partial charge in [0, 0.05) is 20.2 Å². The molecule has 0 aliphatic carbocycles. The lowest BCUT2D eigenvalue weighted by Gasteiger charge is -2.27. The Bertz CT molecular complexity index is 357. The molecule has 1 fully saturated rings. The van der Waals surface area contributed by atoms with Crippen LogP contribution in [-0.2, 0) is 9.47 Å². The van der Waals surface area contributed by atoms with Gasteiger partial charge >= 0.3 is 0 Å². The summed E-state index contributed by atoms with van der Waals surface area (Å²) >= 11 is 0. The van der Waals surface area contributed by atoms with E-state index in [2.05, 4.69) is 15.0 Å². The summed E-state index contributed by atoms with van der Waals surface area (Å²) in [4.78, 5) is 6.42. The van der Waals surface area contributed by atoms with Gasteiger partial charge in [-0.2, -0.15) is 4.98 Å². The predicted molar refractivity (Wildman–Crippen MR) is 59.3 cm³/mol. The molecule has 0 saturated carbocycles. The van der Waals surface area contributed by atoms with Gasteiger partial charge in [0.1, 0.15) is 12.1 Å². The van der Waals surface area contributed by atoms with E-state index in [9.17, 15) is 0 Å². The molecule has 1 aromatic rings. The first kappa shape index (κ1) is 12.4. The molecule has 2 heterocycles. The Morgan fingerprint density at radius 1 is 1.65 bits per heavy atom. The SMILES string of the molecule is COCC(N)c1nc(C2CN(C)CCO2)no1. The largest absolute Gasteiger partial charge is 0.383 e. The predicted octanol–water partition coefficient (Wildman–Crippen LogP) is -0.281. The van der Waals surface area contributed by atoms with Crippen LogP contribution in [-0.4, -0.2) is 55.5 Å². The van der Waals surface area contributed by atoms with Crippen LogP contribution in [0.15, 0.2) is 4.52 Å². The van der Waals surface area contributed by atoms with Crippen LogP contribution in [0.2, 0.25) is 0 Å². The second-order valence-corrected chi connectivity index (χ2v) is 4.17. The molecule has 7 nitrogen and oxygen atoms in total. The molecule has 2 rings (SSSR count). The van der Waals surface area contributed by atoms with E-state index in [1.807, 2.05) is 7.05 Å². The molecule has 2 atom stereocenters. The highest BCUT2D eigenvalue weighted by molar-refractivity contribution is 4.96. The number of hydrogen-bond donors (Lipinski definition) is 1. The molecule has 2 N–H and O–H groups in total. The maximum Gasteiger partial charge on any atom is 0.246 e. The van der Waals surface area contributed by atoms with Crippen molar-refractivity contribution in [3.8, 4) is 0 Å².